The highest BCUT2D eigenvalue weighted by molar-refractivity contribution is 7.88. The van der Waals surface area contributed by atoms with Crippen LogP contribution in [-0.4, -0.2) is 48.4 Å². The van der Waals surface area contributed by atoms with Crippen LogP contribution in [0.15, 0.2) is 22.7 Å². The molecule has 0 aliphatic carbocycles. The molecular weight excluding hydrogens is 344 g/mol. The number of nitrogens with one attached hydrogen (secondary N) is 1. The zero-order chi connectivity index (χ0) is 18.2. The zero-order valence-corrected chi connectivity index (χ0v) is 15.3. The van der Waals surface area contributed by atoms with Crippen LogP contribution in [0.5, 0.6) is 0 Å². The number of carbonyl (C=O) groups is 1. The van der Waals surface area contributed by atoms with Crippen LogP contribution in [0.3, 0.4) is 0 Å². The van der Waals surface area contributed by atoms with E-state index in [9.17, 15) is 13.2 Å². The third-order valence-electron chi connectivity index (χ3n) is 4.26. The van der Waals surface area contributed by atoms with Gasteiger partial charge in [-0.05, 0) is 26.0 Å². The van der Waals surface area contributed by atoms with Gasteiger partial charge in [0, 0.05) is 31.7 Å². The maximum atomic E-state index is 13.0. The molecule has 0 saturated carbocycles. The van der Waals surface area contributed by atoms with E-state index in [1.165, 1.54) is 0 Å². The Hall–Kier alpha value is -2.13. The van der Waals surface area contributed by atoms with Crippen molar-refractivity contribution in [3.8, 4) is 0 Å². The number of aryl methyl sites for hydroxylation is 2. The van der Waals surface area contributed by atoms with E-state index in [0.717, 1.165) is 11.9 Å². The second kappa shape index (κ2) is 6.64. The lowest BCUT2D eigenvalue weighted by molar-refractivity contribution is 0.0720. The second-order valence-electron chi connectivity index (χ2n) is 6.50. The fourth-order valence-electron chi connectivity index (χ4n) is 3.10. The number of amides is 1. The number of hydrogen-bond donors (Lipinski definition) is 1. The molecule has 0 bridgehead atoms. The number of carbonyl (C=O) groups excluding carboxylic acids is 1. The number of hydrogen-bond acceptors (Lipinski definition) is 5. The topological polar surface area (TPSA) is 97.4 Å². The minimum atomic E-state index is -3.29. The largest absolute Gasteiger partial charge is 0.466 e. The Kier molecular flexibility index (Phi) is 4.70. The molecule has 1 amide bonds. The Bertz CT molecular complexity index is 884. The van der Waals surface area contributed by atoms with Gasteiger partial charge in [0.2, 0.25) is 10.0 Å². The summed E-state index contributed by atoms with van der Waals surface area (Å²) >= 11 is 0. The van der Waals surface area contributed by atoms with Gasteiger partial charge in [-0.2, -0.15) is 5.10 Å². The molecule has 0 unspecified atom stereocenters. The molecule has 2 aromatic rings. The molecule has 3 rings (SSSR count). The van der Waals surface area contributed by atoms with E-state index in [1.54, 1.807) is 31.0 Å². The summed E-state index contributed by atoms with van der Waals surface area (Å²) in [5, 5.41) is 4.28. The van der Waals surface area contributed by atoms with Crippen molar-refractivity contribution in [3.05, 3.63) is 41.1 Å². The Balaban J connectivity index is 1.85. The molecule has 9 heteroatoms. The van der Waals surface area contributed by atoms with E-state index >= 15 is 0 Å². The van der Waals surface area contributed by atoms with Gasteiger partial charge in [-0.1, -0.05) is 0 Å². The minimum absolute atomic E-state index is 0.0758. The number of fused-ring (bicyclic) bond motifs is 1. The van der Waals surface area contributed by atoms with Crippen LogP contribution in [0.1, 0.15) is 27.6 Å². The molecule has 8 nitrogen and oxygen atoms in total. The average Bonchev–Trinajstić information content (AvgIpc) is 3.04. The third-order valence-corrected chi connectivity index (χ3v) is 4.95. The van der Waals surface area contributed by atoms with Crippen molar-refractivity contribution < 1.29 is 17.6 Å². The van der Waals surface area contributed by atoms with Crippen LogP contribution in [-0.2, 0) is 23.1 Å². The molecule has 1 N–H and O–H groups in total. The molecule has 0 radical (unpaired) electrons. The fraction of sp³-hybridized carbons (Fsp3) is 0.500. The summed E-state index contributed by atoms with van der Waals surface area (Å²) in [5.41, 5.74) is 1.47. The van der Waals surface area contributed by atoms with Gasteiger partial charge in [-0.3, -0.25) is 9.48 Å². The maximum Gasteiger partial charge on any atom is 0.257 e. The van der Waals surface area contributed by atoms with E-state index in [1.807, 2.05) is 10.7 Å². The van der Waals surface area contributed by atoms with Crippen molar-refractivity contribution in [1.29, 1.82) is 0 Å². The van der Waals surface area contributed by atoms with Gasteiger partial charge < -0.3 is 9.32 Å². The number of rotatable bonds is 4. The average molecular weight is 366 g/mol. The number of furan rings is 1. The van der Waals surface area contributed by atoms with Crippen molar-refractivity contribution in [2.45, 2.75) is 26.9 Å². The highest BCUT2D eigenvalue weighted by atomic mass is 32.2. The van der Waals surface area contributed by atoms with Crippen molar-refractivity contribution >= 4 is 15.9 Å². The zero-order valence-electron chi connectivity index (χ0n) is 14.5. The first-order valence-corrected chi connectivity index (χ1v) is 9.93. The molecule has 25 heavy (non-hydrogen) atoms. The monoisotopic (exact) mass is 366 g/mol. The minimum Gasteiger partial charge on any atom is -0.466 e. The Labute approximate surface area is 146 Å². The first kappa shape index (κ1) is 17.7. The Morgan fingerprint density at radius 3 is 2.80 bits per heavy atom. The molecule has 1 aliphatic rings. The van der Waals surface area contributed by atoms with Gasteiger partial charge in [0.05, 0.1) is 24.1 Å². The van der Waals surface area contributed by atoms with E-state index < -0.39 is 10.0 Å². The van der Waals surface area contributed by atoms with Crippen molar-refractivity contribution in [3.63, 3.8) is 0 Å². The summed E-state index contributed by atoms with van der Waals surface area (Å²) in [5.74, 6) is 1.09. The first-order chi connectivity index (χ1) is 11.7. The summed E-state index contributed by atoms with van der Waals surface area (Å²) in [7, 11) is -3.29. The maximum absolute atomic E-state index is 13.0. The molecule has 0 saturated heterocycles. The van der Waals surface area contributed by atoms with Crippen LogP contribution < -0.4 is 4.72 Å². The molecule has 2 aromatic heterocycles. The summed E-state index contributed by atoms with van der Waals surface area (Å²) in [6, 6.07) is 3.61. The van der Waals surface area contributed by atoms with Gasteiger partial charge in [0.1, 0.15) is 11.5 Å². The lowest BCUT2D eigenvalue weighted by atomic mass is 10.1. The van der Waals surface area contributed by atoms with Gasteiger partial charge in [-0.15, -0.1) is 0 Å². The standard InChI is InChI=1S/C16H22N4O4S/c1-11-6-15(12(2)24-11)16(21)19-8-13(7-18-25(3,22)23)9-20-14(10-19)4-5-17-20/h4-6,13,18H,7-10H2,1-3H3/t13-/m0/s1. The van der Waals surface area contributed by atoms with Crippen LogP contribution in [0.2, 0.25) is 0 Å². The summed E-state index contributed by atoms with van der Waals surface area (Å²) in [4.78, 5) is 14.7. The smallest absolute Gasteiger partial charge is 0.257 e. The quantitative estimate of drug-likeness (QED) is 0.868. The van der Waals surface area contributed by atoms with E-state index in [0.29, 0.717) is 36.7 Å². The van der Waals surface area contributed by atoms with Crippen LogP contribution in [0, 0.1) is 19.8 Å². The molecule has 0 spiro atoms. The van der Waals surface area contributed by atoms with Crippen molar-refractivity contribution in [2.24, 2.45) is 5.92 Å². The highest BCUT2D eigenvalue weighted by Gasteiger charge is 2.28. The van der Waals surface area contributed by atoms with Crippen LogP contribution in [0.25, 0.3) is 0 Å². The number of sulfonamides is 1. The fourth-order valence-corrected chi connectivity index (χ4v) is 3.64. The van der Waals surface area contributed by atoms with Crippen LogP contribution >= 0.6 is 0 Å². The predicted molar refractivity (Wildman–Crippen MR) is 91.5 cm³/mol. The molecule has 1 aliphatic heterocycles. The third kappa shape index (κ3) is 4.10. The van der Waals surface area contributed by atoms with Crippen molar-refractivity contribution in [2.75, 3.05) is 19.3 Å². The number of aromatic nitrogens is 2. The van der Waals surface area contributed by atoms with Gasteiger partial charge in [0.15, 0.2) is 0 Å². The lowest BCUT2D eigenvalue weighted by Gasteiger charge is -2.24. The second-order valence-corrected chi connectivity index (χ2v) is 8.34. The van der Waals surface area contributed by atoms with Gasteiger partial charge in [-0.25, -0.2) is 13.1 Å². The Morgan fingerprint density at radius 1 is 1.40 bits per heavy atom. The SMILES string of the molecule is Cc1cc(C(=O)N2Cc3ccnn3C[C@@H](CNS(C)(=O)=O)C2)c(C)o1. The lowest BCUT2D eigenvalue weighted by Crippen LogP contribution is -2.38. The van der Waals surface area contributed by atoms with E-state index in [4.69, 9.17) is 4.42 Å². The number of nitrogens with zero attached hydrogens (tertiary/aromatic N) is 3. The van der Waals surface area contributed by atoms with E-state index in [2.05, 4.69) is 9.82 Å². The van der Waals surface area contributed by atoms with Gasteiger partial charge >= 0.3 is 0 Å². The molecular formula is C16H22N4O4S. The molecule has 0 aromatic carbocycles. The molecule has 136 valence electrons. The highest BCUT2D eigenvalue weighted by Crippen LogP contribution is 2.21. The van der Waals surface area contributed by atoms with E-state index in [-0.39, 0.29) is 18.4 Å². The summed E-state index contributed by atoms with van der Waals surface area (Å²) in [6.07, 6.45) is 2.82. The summed E-state index contributed by atoms with van der Waals surface area (Å²) < 4.78 is 32.7. The molecule has 3 heterocycles. The molecule has 1 atom stereocenters. The van der Waals surface area contributed by atoms with Crippen molar-refractivity contribution in [1.82, 2.24) is 19.4 Å². The normalized spacial score (nSPS) is 18.0. The Morgan fingerprint density at radius 2 is 2.16 bits per heavy atom. The molecule has 0 fully saturated rings. The summed E-state index contributed by atoms with van der Waals surface area (Å²) in [6.45, 7) is 5.25. The van der Waals surface area contributed by atoms with Crippen LogP contribution in [0.4, 0.5) is 0 Å². The predicted octanol–water partition coefficient (Wildman–Crippen LogP) is 0.914. The first-order valence-electron chi connectivity index (χ1n) is 8.04. The van der Waals surface area contributed by atoms with Gasteiger partial charge in [0.25, 0.3) is 5.91 Å².